The SMILES string of the molecule is O=C(N/N=C\c1ccccc1F)c1n[nH]c2c1CCCC2. The largest absolute Gasteiger partial charge is 0.292 e. The van der Waals surface area contributed by atoms with E-state index in [1.165, 1.54) is 12.3 Å². The molecule has 0 aliphatic heterocycles. The molecule has 2 aromatic rings. The number of amides is 1. The quantitative estimate of drug-likeness (QED) is 0.670. The number of nitrogens with one attached hydrogen (secondary N) is 2. The number of hydrogen-bond acceptors (Lipinski definition) is 3. The summed E-state index contributed by atoms with van der Waals surface area (Å²) < 4.78 is 13.4. The van der Waals surface area contributed by atoms with Gasteiger partial charge in [0.05, 0.1) is 6.21 Å². The Labute approximate surface area is 121 Å². The van der Waals surface area contributed by atoms with Gasteiger partial charge in [-0.05, 0) is 31.7 Å². The van der Waals surface area contributed by atoms with Crippen molar-refractivity contribution in [1.29, 1.82) is 0 Å². The number of aryl methyl sites for hydroxylation is 1. The van der Waals surface area contributed by atoms with Crippen molar-refractivity contribution >= 4 is 12.1 Å². The zero-order chi connectivity index (χ0) is 14.7. The highest BCUT2D eigenvalue weighted by Gasteiger charge is 2.21. The van der Waals surface area contributed by atoms with Crippen LogP contribution in [0.15, 0.2) is 29.4 Å². The number of nitrogens with zero attached hydrogens (tertiary/aromatic N) is 2. The summed E-state index contributed by atoms with van der Waals surface area (Å²) in [4.78, 5) is 12.1. The Balaban J connectivity index is 1.70. The van der Waals surface area contributed by atoms with E-state index in [1.54, 1.807) is 18.2 Å². The van der Waals surface area contributed by atoms with E-state index in [-0.39, 0.29) is 11.7 Å². The summed E-state index contributed by atoms with van der Waals surface area (Å²) in [6, 6.07) is 6.23. The fourth-order valence-electron chi connectivity index (χ4n) is 2.46. The first-order valence-electron chi connectivity index (χ1n) is 6.90. The number of carbonyl (C=O) groups is 1. The maximum atomic E-state index is 13.4. The van der Waals surface area contributed by atoms with Gasteiger partial charge < -0.3 is 0 Å². The van der Waals surface area contributed by atoms with Crippen LogP contribution in [0.1, 0.15) is 40.2 Å². The lowest BCUT2D eigenvalue weighted by molar-refractivity contribution is 0.0949. The van der Waals surface area contributed by atoms with Crippen LogP contribution in [-0.2, 0) is 12.8 Å². The number of hydrogen-bond donors (Lipinski definition) is 2. The van der Waals surface area contributed by atoms with E-state index in [1.807, 2.05) is 0 Å². The minimum Gasteiger partial charge on any atom is -0.281 e. The monoisotopic (exact) mass is 286 g/mol. The molecule has 1 heterocycles. The van der Waals surface area contributed by atoms with Crippen LogP contribution in [0.5, 0.6) is 0 Å². The Hall–Kier alpha value is -2.50. The Bertz CT molecular complexity index is 693. The first kappa shape index (κ1) is 13.5. The summed E-state index contributed by atoms with van der Waals surface area (Å²) in [6.45, 7) is 0. The van der Waals surface area contributed by atoms with E-state index in [2.05, 4.69) is 20.7 Å². The van der Waals surface area contributed by atoms with Gasteiger partial charge in [-0.2, -0.15) is 10.2 Å². The van der Waals surface area contributed by atoms with Crippen LogP contribution in [0.2, 0.25) is 0 Å². The lowest BCUT2D eigenvalue weighted by atomic mass is 9.96. The van der Waals surface area contributed by atoms with E-state index in [0.717, 1.165) is 36.9 Å². The molecule has 2 N–H and O–H groups in total. The average molecular weight is 286 g/mol. The predicted octanol–water partition coefficient (Wildman–Crippen LogP) is 2.19. The van der Waals surface area contributed by atoms with Crippen LogP contribution >= 0.6 is 0 Å². The summed E-state index contributed by atoms with van der Waals surface area (Å²) in [5.41, 5.74) is 5.10. The molecule has 1 aromatic carbocycles. The second kappa shape index (κ2) is 5.87. The van der Waals surface area contributed by atoms with Crippen molar-refractivity contribution in [2.24, 2.45) is 5.10 Å². The second-order valence-corrected chi connectivity index (χ2v) is 4.96. The Morgan fingerprint density at radius 1 is 1.33 bits per heavy atom. The molecule has 0 fully saturated rings. The molecule has 0 unspecified atom stereocenters. The van der Waals surface area contributed by atoms with Crippen LogP contribution < -0.4 is 5.43 Å². The molecule has 1 aliphatic carbocycles. The Kier molecular flexibility index (Phi) is 3.77. The third-order valence-electron chi connectivity index (χ3n) is 3.55. The number of carbonyl (C=O) groups excluding carboxylic acids is 1. The van der Waals surface area contributed by atoms with Crippen molar-refractivity contribution in [1.82, 2.24) is 15.6 Å². The highest BCUT2D eigenvalue weighted by molar-refractivity contribution is 5.94. The molecule has 0 atom stereocenters. The lowest BCUT2D eigenvalue weighted by Crippen LogP contribution is -2.20. The van der Waals surface area contributed by atoms with Gasteiger partial charge in [-0.3, -0.25) is 9.89 Å². The minimum atomic E-state index is -0.382. The van der Waals surface area contributed by atoms with E-state index >= 15 is 0 Å². The molecule has 0 spiro atoms. The standard InChI is InChI=1S/C15H15FN4O/c16-12-7-3-1-5-10(12)9-17-20-15(21)14-11-6-2-4-8-13(11)18-19-14/h1,3,5,7,9H,2,4,6,8H2,(H,18,19)(H,20,21)/b17-9-. The Morgan fingerprint density at radius 3 is 3.00 bits per heavy atom. The normalized spacial score (nSPS) is 14.1. The molecule has 1 amide bonds. The second-order valence-electron chi connectivity index (χ2n) is 4.96. The fourth-order valence-corrected chi connectivity index (χ4v) is 2.46. The predicted molar refractivity (Wildman–Crippen MR) is 76.7 cm³/mol. The smallest absolute Gasteiger partial charge is 0.281 e. The molecule has 0 saturated carbocycles. The van der Waals surface area contributed by atoms with E-state index in [0.29, 0.717) is 11.3 Å². The number of hydrazone groups is 1. The zero-order valence-electron chi connectivity index (χ0n) is 11.4. The molecule has 6 heteroatoms. The van der Waals surface area contributed by atoms with Crippen molar-refractivity contribution in [3.8, 4) is 0 Å². The number of benzene rings is 1. The van der Waals surface area contributed by atoms with Gasteiger partial charge in [0.2, 0.25) is 0 Å². The maximum Gasteiger partial charge on any atom is 0.292 e. The first-order valence-corrected chi connectivity index (χ1v) is 6.90. The maximum absolute atomic E-state index is 13.4. The van der Waals surface area contributed by atoms with E-state index in [4.69, 9.17) is 0 Å². The van der Waals surface area contributed by atoms with Crippen molar-refractivity contribution < 1.29 is 9.18 Å². The molecular formula is C15H15FN4O. The third-order valence-corrected chi connectivity index (χ3v) is 3.55. The number of H-pyrrole nitrogens is 1. The number of rotatable bonds is 3. The van der Waals surface area contributed by atoms with Crippen LogP contribution in [0, 0.1) is 5.82 Å². The van der Waals surface area contributed by atoms with Gasteiger partial charge in [-0.15, -0.1) is 0 Å². The molecule has 5 nitrogen and oxygen atoms in total. The summed E-state index contributed by atoms with van der Waals surface area (Å²) in [5.74, 6) is -0.755. The molecule has 0 bridgehead atoms. The average Bonchev–Trinajstić information content (AvgIpc) is 2.93. The molecule has 0 saturated heterocycles. The van der Waals surface area contributed by atoms with Gasteiger partial charge in [0.1, 0.15) is 5.82 Å². The summed E-state index contributed by atoms with van der Waals surface area (Å²) in [6.07, 6.45) is 5.24. The van der Waals surface area contributed by atoms with Gasteiger partial charge in [-0.25, -0.2) is 9.82 Å². The topological polar surface area (TPSA) is 70.1 Å². The van der Waals surface area contributed by atoms with Crippen molar-refractivity contribution in [3.63, 3.8) is 0 Å². The van der Waals surface area contributed by atoms with Crippen LogP contribution in [-0.4, -0.2) is 22.3 Å². The summed E-state index contributed by atoms with van der Waals surface area (Å²) in [7, 11) is 0. The van der Waals surface area contributed by atoms with Crippen LogP contribution in [0.4, 0.5) is 4.39 Å². The molecule has 1 aliphatic rings. The van der Waals surface area contributed by atoms with E-state index < -0.39 is 0 Å². The fraction of sp³-hybridized carbons (Fsp3) is 0.267. The van der Waals surface area contributed by atoms with Crippen LogP contribution in [0.25, 0.3) is 0 Å². The van der Waals surface area contributed by atoms with Gasteiger partial charge in [0, 0.05) is 16.8 Å². The lowest BCUT2D eigenvalue weighted by Gasteiger charge is -2.10. The number of fused-ring (bicyclic) bond motifs is 1. The molecule has 108 valence electrons. The van der Waals surface area contributed by atoms with Gasteiger partial charge >= 0.3 is 0 Å². The number of halogens is 1. The van der Waals surface area contributed by atoms with Crippen molar-refractivity contribution in [2.45, 2.75) is 25.7 Å². The minimum absolute atomic E-state index is 0.321. The molecular weight excluding hydrogens is 271 g/mol. The molecule has 21 heavy (non-hydrogen) atoms. The van der Waals surface area contributed by atoms with Crippen molar-refractivity contribution in [3.05, 3.63) is 52.6 Å². The third kappa shape index (κ3) is 2.84. The summed E-state index contributed by atoms with van der Waals surface area (Å²) >= 11 is 0. The molecule has 0 radical (unpaired) electrons. The van der Waals surface area contributed by atoms with Crippen molar-refractivity contribution in [2.75, 3.05) is 0 Å². The zero-order valence-corrected chi connectivity index (χ0v) is 11.4. The highest BCUT2D eigenvalue weighted by Crippen LogP contribution is 2.21. The highest BCUT2D eigenvalue weighted by atomic mass is 19.1. The molecule has 3 rings (SSSR count). The van der Waals surface area contributed by atoms with Gasteiger partial charge in [0.25, 0.3) is 5.91 Å². The Morgan fingerprint density at radius 2 is 2.14 bits per heavy atom. The van der Waals surface area contributed by atoms with E-state index in [9.17, 15) is 9.18 Å². The molecule has 1 aromatic heterocycles. The van der Waals surface area contributed by atoms with Crippen LogP contribution in [0.3, 0.4) is 0 Å². The van der Waals surface area contributed by atoms with Gasteiger partial charge in [-0.1, -0.05) is 18.2 Å². The first-order chi connectivity index (χ1) is 10.3. The number of aromatic amines is 1. The van der Waals surface area contributed by atoms with Gasteiger partial charge in [0.15, 0.2) is 5.69 Å². The number of aromatic nitrogens is 2. The summed E-state index contributed by atoms with van der Waals surface area (Å²) in [5, 5.41) is 10.7.